The maximum absolute atomic E-state index is 6.03. The molecule has 0 radical (unpaired) electrons. The van der Waals surface area contributed by atoms with Gasteiger partial charge in [0.25, 0.3) is 0 Å². The Labute approximate surface area is 140 Å². The molecule has 118 valence electrons. The van der Waals surface area contributed by atoms with Crippen LogP contribution in [0.25, 0.3) is 0 Å². The molecule has 3 nitrogen and oxygen atoms in total. The van der Waals surface area contributed by atoms with Crippen LogP contribution in [-0.2, 0) is 13.0 Å². The van der Waals surface area contributed by atoms with Crippen LogP contribution in [0.3, 0.4) is 0 Å². The zero-order valence-corrected chi connectivity index (χ0v) is 14.0. The van der Waals surface area contributed by atoms with Gasteiger partial charge in [0.1, 0.15) is 6.61 Å². The normalized spacial score (nSPS) is 10.5. The van der Waals surface area contributed by atoms with Crippen LogP contribution >= 0.6 is 23.2 Å². The van der Waals surface area contributed by atoms with Gasteiger partial charge in [-0.05, 0) is 48.7 Å². The second-order valence-electron chi connectivity index (χ2n) is 4.88. The zero-order chi connectivity index (χ0) is 15.9. The number of hydrogen-bond donors (Lipinski definition) is 1. The third-order valence-electron chi connectivity index (χ3n) is 3.30. The van der Waals surface area contributed by atoms with E-state index < -0.39 is 0 Å². The number of aryl methyl sites for hydroxylation is 1. The molecule has 0 aromatic heterocycles. The highest BCUT2D eigenvalue weighted by molar-refractivity contribution is 6.42. The monoisotopic (exact) mass is 339 g/mol. The molecule has 2 aromatic rings. The number of methoxy groups -OCH3 is 1. The third kappa shape index (κ3) is 4.29. The molecule has 0 bridgehead atoms. The van der Waals surface area contributed by atoms with Crippen molar-refractivity contribution in [2.24, 2.45) is 5.73 Å². The first kappa shape index (κ1) is 16.9. The van der Waals surface area contributed by atoms with Gasteiger partial charge in [-0.3, -0.25) is 0 Å². The summed E-state index contributed by atoms with van der Waals surface area (Å²) in [5.41, 5.74) is 7.63. The molecule has 0 heterocycles. The minimum atomic E-state index is 0.396. The highest BCUT2D eigenvalue weighted by Gasteiger charge is 2.11. The Morgan fingerprint density at radius 1 is 1.09 bits per heavy atom. The molecule has 0 amide bonds. The molecule has 0 aliphatic carbocycles. The summed E-state index contributed by atoms with van der Waals surface area (Å²) in [6.07, 6.45) is 1.75. The average molecular weight is 340 g/mol. The number of para-hydroxylation sites is 1. The molecule has 0 unspecified atom stereocenters. The number of halogens is 2. The zero-order valence-electron chi connectivity index (χ0n) is 12.4. The van der Waals surface area contributed by atoms with Crippen LogP contribution in [-0.4, -0.2) is 13.7 Å². The molecule has 0 aliphatic heterocycles. The van der Waals surface area contributed by atoms with Crippen molar-refractivity contribution in [3.63, 3.8) is 0 Å². The first-order valence-electron chi connectivity index (χ1n) is 7.08. The van der Waals surface area contributed by atoms with Crippen molar-refractivity contribution < 1.29 is 9.47 Å². The SMILES string of the molecule is COc1cccc(CCCN)c1OCc1ccc(Cl)c(Cl)c1. The third-order valence-corrected chi connectivity index (χ3v) is 4.04. The van der Waals surface area contributed by atoms with Crippen LogP contribution in [0.5, 0.6) is 11.5 Å². The Kier molecular flexibility index (Phi) is 6.37. The fraction of sp³-hybridized carbons (Fsp3) is 0.294. The lowest BCUT2D eigenvalue weighted by Crippen LogP contribution is -2.04. The molecule has 0 saturated carbocycles. The Hall–Kier alpha value is -1.42. The van der Waals surface area contributed by atoms with E-state index in [4.69, 9.17) is 38.4 Å². The van der Waals surface area contributed by atoms with E-state index in [2.05, 4.69) is 0 Å². The first-order chi connectivity index (χ1) is 10.7. The maximum Gasteiger partial charge on any atom is 0.164 e. The van der Waals surface area contributed by atoms with E-state index in [0.29, 0.717) is 23.2 Å². The van der Waals surface area contributed by atoms with Gasteiger partial charge in [-0.25, -0.2) is 0 Å². The van der Waals surface area contributed by atoms with Gasteiger partial charge in [-0.2, -0.15) is 0 Å². The van der Waals surface area contributed by atoms with Crippen LogP contribution in [0, 0.1) is 0 Å². The van der Waals surface area contributed by atoms with Crippen molar-refractivity contribution in [2.45, 2.75) is 19.4 Å². The largest absolute Gasteiger partial charge is 0.493 e. The lowest BCUT2D eigenvalue weighted by atomic mass is 10.1. The molecule has 2 rings (SSSR count). The second kappa shape index (κ2) is 8.28. The summed E-state index contributed by atoms with van der Waals surface area (Å²) in [6.45, 7) is 1.04. The summed E-state index contributed by atoms with van der Waals surface area (Å²) in [6, 6.07) is 11.3. The lowest BCUT2D eigenvalue weighted by molar-refractivity contribution is 0.281. The Morgan fingerprint density at radius 3 is 2.59 bits per heavy atom. The smallest absolute Gasteiger partial charge is 0.164 e. The van der Waals surface area contributed by atoms with Crippen molar-refractivity contribution in [2.75, 3.05) is 13.7 Å². The highest BCUT2D eigenvalue weighted by Crippen LogP contribution is 2.33. The van der Waals surface area contributed by atoms with Crippen LogP contribution in [0.1, 0.15) is 17.5 Å². The van der Waals surface area contributed by atoms with E-state index in [-0.39, 0.29) is 0 Å². The van der Waals surface area contributed by atoms with Crippen LogP contribution in [0.2, 0.25) is 10.0 Å². The molecule has 0 fully saturated rings. The molecule has 2 N–H and O–H groups in total. The number of hydrogen-bond acceptors (Lipinski definition) is 3. The van der Waals surface area contributed by atoms with Gasteiger partial charge in [0, 0.05) is 0 Å². The Bertz CT molecular complexity index is 632. The van der Waals surface area contributed by atoms with Gasteiger partial charge in [0.2, 0.25) is 0 Å². The van der Waals surface area contributed by atoms with E-state index in [1.165, 1.54) is 0 Å². The van der Waals surface area contributed by atoms with E-state index in [1.54, 1.807) is 19.2 Å². The lowest BCUT2D eigenvalue weighted by Gasteiger charge is -2.15. The molecular weight excluding hydrogens is 321 g/mol. The second-order valence-corrected chi connectivity index (χ2v) is 5.69. The number of ether oxygens (including phenoxy) is 2. The van der Waals surface area contributed by atoms with E-state index >= 15 is 0 Å². The Balaban J connectivity index is 2.17. The predicted molar refractivity (Wildman–Crippen MR) is 91.2 cm³/mol. The van der Waals surface area contributed by atoms with Gasteiger partial charge in [0.05, 0.1) is 17.2 Å². The summed E-state index contributed by atoms with van der Waals surface area (Å²) in [7, 11) is 1.63. The van der Waals surface area contributed by atoms with Crippen molar-refractivity contribution in [1.82, 2.24) is 0 Å². The summed E-state index contributed by atoms with van der Waals surface area (Å²) in [5.74, 6) is 1.47. The average Bonchev–Trinajstić information content (AvgIpc) is 2.54. The van der Waals surface area contributed by atoms with Crippen molar-refractivity contribution >= 4 is 23.2 Å². The minimum Gasteiger partial charge on any atom is -0.493 e. The highest BCUT2D eigenvalue weighted by atomic mass is 35.5. The fourth-order valence-corrected chi connectivity index (χ4v) is 2.48. The maximum atomic E-state index is 6.03. The molecule has 0 saturated heterocycles. The topological polar surface area (TPSA) is 44.5 Å². The molecule has 0 aliphatic rings. The van der Waals surface area contributed by atoms with Crippen molar-refractivity contribution in [3.8, 4) is 11.5 Å². The molecule has 0 spiro atoms. The van der Waals surface area contributed by atoms with Gasteiger partial charge in [-0.1, -0.05) is 41.4 Å². The predicted octanol–water partition coefficient (Wildman–Crippen LogP) is 4.47. The van der Waals surface area contributed by atoms with E-state index in [1.807, 2.05) is 24.3 Å². The standard InChI is InChI=1S/C17H19Cl2NO2/c1-21-16-6-2-4-13(5-3-9-20)17(16)22-11-12-7-8-14(18)15(19)10-12/h2,4,6-8,10H,3,5,9,11,20H2,1H3. The van der Waals surface area contributed by atoms with E-state index in [0.717, 1.165) is 35.5 Å². The molecule has 2 aromatic carbocycles. The van der Waals surface area contributed by atoms with Crippen LogP contribution in [0.4, 0.5) is 0 Å². The fourth-order valence-electron chi connectivity index (χ4n) is 2.16. The molecule has 0 atom stereocenters. The van der Waals surface area contributed by atoms with Crippen molar-refractivity contribution in [1.29, 1.82) is 0 Å². The van der Waals surface area contributed by atoms with Gasteiger partial charge in [-0.15, -0.1) is 0 Å². The number of nitrogens with two attached hydrogens (primary N) is 1. The Morgan fingerprint density at radius 2 is 1.91 bits per heavy atom. The van der Waals surface area contributed by atoms with Crippen LogP contribution in [0.15, 0.2) is 36.4 Å². The summed E-state index contributed by atoms with van der Waals surface area (Å²) < 4.78 is 11.4. The summed E-state index contributed by atoms with van der Waals surface area (Å²) >= 11 is 12.0. The summed E-state index contributed by atoms with van der Waals surface area (Å²) in [4.78, 5) is 0. The first-order valence-corrected chi connectivity index (χ1v) is 7.84. The van der Waals surface area contributed by atoms with Gasteiger partial charge in [0.15, 0.2) is 11.5 Å². The van der Waals surface area contributed by atoms with Gasteiger partial charge >= 0.3 is 0 Å². The number of benzene rings is 2. The van der Waals surface area contributed by atoms with Crippen LogP contribution < -0.4 is 15.2 Å². The summed E-state index contributed by atoms with van der Waals surface area (Å²) in [5, 5.41) is 1.05. The molecular formula is C17H19Cl2NO2. The van der Waals surface area contributed by atoms with Gasteiger partial charge < -0.3 is 15.2 Å². The van der Waals surface area contributed by atoms with Crippen molar-refractivity contribution in [3.05, 3.63) is 57.6 Å². The quantitative estimate of drug-likeness (QED) is 0.809. The minimum absolute atomic E-state index is 0.396. The molecule has 22 heavy (non-hydrogen) atoms. The number of rotatable bonds is 7. The van der Waals surface area contributed by atoms with E-state index in [9.17, 15) is 0 Å². The molecule has 5 heteroatoms.